The molecule has 0 bridgehead atoms. The molecule has 0 aliphatic heterocycles. The molecule has 0 unspecified atom stereocenters. The van der Waals surface area contributed by atoms with Crippen molar-refractivity contribution >= 4 is 28.1 Å². The van der Waals surface area contributed by atoms with Gasteiger partial charge in [0.2, 0.25) is 0 Å². The summed E-state index contributed by atoms with van der Waals surface area (Å²) in [5.74, 6) is 1.76. The van der Waals surface area contributed by atoms with Crippen molar-refractivity contribution < 1.29 is 23.7 Å². The lowest BCUT2D eigenvalue weighted by Gasteiger charge is -2.13. The normalized spacial score (nSPS) is 10.6. The first kappa shape index (κ1) is 23.1. The molecule has 32 heavy (non-hydrogen) atoms. The van der Waals surface area contributed by atoms with Crippen molar-refractivity contribution in [1.29, 1.82) is 0 Å². The molecule has 0 heterocycles. The molecule has 1 N–H and O–H groups in total. The van der Waals surface area contributed by atoms with E-state index in [0.717, 1.165) is 5.56 Å². The van der Waals surface area contributed by atoms with Gasteiger partial charge >= 0.3 is 0 Å². The topological polar surface area (TPSA) is 78.4 Å². The van der Waals surface area contributed by atoms with Crippen LogP contribution in [-0.2, 0) is 6.61 Å². The third-order valence-electron chi connectivity index (χ3n) is 4.47. The standard InChI is InChI=1S/C24H23BrN2O5/c1-29-19-11-18(12-20(13-19)30-2)24(28)27-26-14-17-9-21(25)23(22(10-17)31-3)32-15-16-7-5-4-6-8-16/h4-14H,15H2,1-3H3,(H,27,28). The second-order valence-corrected chi connectivity index (χ2v) is 7.46. The second kappa shape index (κ2) is 11.2. The van der Waals surface area contributed by atoms with E-state index in [9.17, 15) is 4.79 Å². The summed E-state index contributed by atoms with van der Waals surface area (Å²) in [5.41, 5.74) is 4.62. The number of benzene rings is 3. The molecule has 0 saturated heterocycles. The van der Waals surface area contributed by atoms with E-state index in [0.29, 0.717) is 45.2 Å². The van der Waals surface area contributed by atoms with Crippen LogP contribution in [0, 0.1) is 0 Å². The minimum absolute atomic E-state index is 0.363. The largest absolute Gasteiger partial charge is 0.497 e. The Labute approximate surface area is 195 Å². The highest BCUT2D eigenvalue weighted by Crippen LogP contribution is 2.36. The van der Waals surface area contributed by atoms with Crippen LogP contribution in [0.4, 0.5) is 0 Å². The fourth-order valence-corrected chi connectivity index (χ4v) is 3.43. The molecule has 8 heteroatoms. The molecular formula is C24H23BrN2O5. The Morgan fingerprint density at radius 2 is 1.66 bits per heavy atom. The fraction of sp³-hybridized carbons (Fsp3) is 0.167. The Balaban J connectivity index is 1.70. The van der Waals surface area contributed by atoms with Crippen molar-refractivity contribution in [2.45, 2.75) is 6.61 Å². The average Bonchev–Trinajstić information content (AvgIpc) is 2.83. The van der Waals surface area contributed by atoms with Crippen LogP contribution in [-0.4, -0.2) is 33.5 Å². The van der Waals surface area contributed by atoms with Crippen LogP contribution in [0.2, 0.25) is 0 Å². The monoisotopic (exact) mass is 498 g/mol. The smallest absolute Gasteiger partial charge is 0.271 e. The van der Waals surface area contributed by atoms with Gasteiger partial charge in [-0.1, -0.05) is 30.3 Å². The van der Waals surface area contributed by atoms with Crippen molar-refractivity contribution in [2.75, 3.05) is 21.3 Å². The third kappa shape index (κ3) is 6.01. The van der Waals surface area contributed by atoms with Gasteiger partial charge in [-0.3, -0.25) is 4.79 Å². The van der Waals surface area contributed by atoms with E-state index in [-0.39, 0.29) is 0 Å². The zero-order valence-electron chi connectivity index (χ0n) is 17.9. The lowest BCUT2D eigenvalue weighted by molar-refractivity contribution is 0.0954. The number of nitrogens with zero attached hydrogens (tertiary/aromatic N) is 1. The number of hydrazone groups is 1. The lowest BCUT2D eigenvalue weighted by atomic mass is 10.2. The number of amides is 1. The predicted molar refractivity (Wildman–Crippen MR) is 126 cm³/mol. The summed E-state index contributed by atoms with van der Waals surface area (Å²) >= 11 is 3.52. The molecule has 3 aromatic carbocycles. The van der Waals surface area contributed by atoms with E-state index in [1.807, 2.05) is 36.4 Å². The van der Waals surface area contributed by atoms with E-state index >= 15 is 0 Å². The summed E-state index contributed by atoms with van der Waals surface area (Å²) in [6.45, 7) is 0.406. The first-order valence-corrected chi connectivity index (χ1v) is 10.4. The van der Waals surface area contributed by atoms with Crippen LogP contribution in [0.5, 0.6) is 23.0 Å². The van der Waals surface area contributed by atoms with Crippen LogP contribution < -0.4 is 24.4 Å². The molecule has 0 aliphatic rings. The fourth-order valence-electron chi connectivity index (χ4n) is 2.85. The number of carbonyl (C=O) groups is 1. The van der Waals surface area contributed by atoms with Gasteiger partial charge in [-0.25, -0.2) is 5.43 Å². The number of halogens is 1. The number of ether oxygens (including phenoxy) is 4. The zero-order valence-corrected chi connectivity index (χ0v) is 19.5. The number of hydrogen-bond acceptors (Lipinski definition) is 6. The summed E-state index contributed by atoms with van der Waals surface area (Å²) in [4.78, 5) is 12.4. The van der Waals surface area contributed by atoms with E-state index in [2.05, 4.69) is 26.5 Å². The molecule has 0 aliphatic carbocycles. The first-order valence-electron chi connectivity index (χ1n) is 9.64. The highest BCUT2D eigenvalue weighted by molar-refractivity contribution is 9.10. The van der Waals surface area contributed by atoms with Crippen LogP contribution in [0.1, 0.15) is 21.5 Å². The van der Waals surface area contributed by atoms with Crippen molar-refractivity contribution in [2.24, 2.45) is 5.10 Å². The molecule has 3 aromatic rings. The SMILES string of the molecule is COc1cc(OC)cc(C(=O)NN=Cc2cc(Br)c(OCc3ccccc3)c(OC)c2)c1. The Bertz CT molecular complexity index is 1080. The first-order chi connectivity index (χ1) is 15.5. The van der Waals surface area contributed by atoms with Gasteiger partial charge in [0.1, 0.15) is 18.1 Å². The molecule has 0 saturated carbocycles. The van der Waals surface area contributed by atoms with Crippen molar-refractivity contribution in [1.82, 2.24) is 5.43 Å². The van der Waals surface area contributed by atoms with E-state index in [4.69, 9.17) is 18.9 Å². The zero-order chi connectivity index (χ0) is 22.9. The number of rotatable bonds is 9. The van der Waals surface area contributed by atoms with Crippen LogP contribution in [0.3, 0.4) is 0 Å². The predicted octanol–water partition coefficient (Wildman–Crippen LogP) is 4.82. The molecule has 166 valence electrons. The highest BCUT2D eigenvalue weighted by Gasteiger charge is 2.12. The number of hydrogen-bond donors (Lipinski definition) is 1. The van der Waals surface area contributed by atoms with Crippen molar-refractivity contribution in [3.05, 3.63) is 81.8 Å². The van der Waals surface area contributed by atoms with Gasteiger partial charge in [0.05, 0.1) is 32.0 Å². The summed E-state index contributed by atoms with van der Waals surface area (Å²) in [6, 6.07) is 18.3. The number of nitrogens with one attached hydrogen (secondary N) is 1. The molecule has 7 nitrogen and oxygen atoms in total. The van der Waals surface area contributed by atoms with Gasteiger partial charge in [-0.05, 0) is 51.3 Å². The van der Waals surface area contributed by atoms with Crippen molar-refractivity contribution in [3.8, 4) is 23.0 Å². The summed E-state index contributed by atoms with van der Waals surface area (Å²) in [5, 5.41) is 4.05. The van der Waals surface area contributed by atoms with Gasteiger partial charge in [0.25, 0.3) is 5.91 Å². The molecule has 0 atom stereocenters. The Hall–Kier alpha value is -3.52. The summed E-state index contributed by atoms with van der Waals surface area (Å²) < 4.78 is 22.5. The number of methoxy groups -OCH3 is 3. The molecular weight excluding hydrogens is 476 g/mol. The van der Waals surface area contributed by atoms with Gasteiger partial charge in [-0.2, -0.15) is 5.10 Å². The van der Waals surface area contributed by atoms with Crippen LogP contribution in [0.15, 0.2) is 70.2 Å². The Morgan fingerprint density at radius 3 is 2.28 bits per heavy atom. The summed E-state index contributed by atoms with van der Waals surface area (Å²) in [7, 11) is 4.61. The third-order valence-corrected chi connectivity index (χ3v) is 5.06. The van der Waals surface area contributed by atoms with E-state index in [1.165, 1.54) is 20.4 Å². The molecule has 1 amide bonds. The van der Waals surface area contributed by atoms with Gasteiger partial charge in [0, 0.05) is 11.6 Å². The quantitative estimate of drug-likeness (QED) is 0.338. The summed E-state index contributed by atoms with van der Waals surface area (Å²) in [6.07, 6.45) is 1.52. The maximum absolute atomic E-state index is 12.4. The van der Waals surface area contributed by atoms with E-state index < -0.39 is 5.91 Å². The molecule has 3 rings (SSSR count). The van der Waals surface area contributed by atoms with Crippen LogP contribution in [0.25, 0.3) is 0 Å². The van der Waals surface area contributed by atoms with Crippen LogP contribution >= 0.6 is 15.9 Å². The minimum Gasteiger partial charge on any atom is -0.497 e. The maximum atomic E-state index is 12.4. The average molecular weight is 499 g/mol. The minimum atomic E-state index is -0.396. The second-order valence-electron chi connectivity index (χ2n) is 6.61. The number of carbonyl (C=O) groups excluding carboxylic acids is 1. The molecule has 0 fully saturated rings. The molecule has 0 spiro atoms. The molecule has 0 radical (unpaired) electrons. The van der Waals surface area contributed by atoms with E-state index in [1.54, 1.807) is 31.4 Å². The van der Waals surface area contributed by atoms with Gasteiger partial charge < -0.3 is 18.9 Å². The Kier molecular flexibility index (Phi) is 8.10. The molecule has 0 aromatic heterocycles. The van der Waals surface area contributed by atoms with Gasteiger partial charge in [-0.15, -0.1) is 0 Å². The van der Waals surface area contributed by atoms with Crippen molar-refractivity contribution in [3.63, 3.8) is 0 Å². The lowest BCUT2D eigenvalue weighted by Crippen LogP contribution is -2.17. The maximum Gasteiger partial charge on any atom is 0.271 e. The van der Waals surface area contributed by atoms with Gasteiger partial charge in [0.15, 0.2) is 11.5 Å². The highest BCUT2D eigenvalue weighted by atomic mass is 79.9. The Morgan fingerprint density at radius 1 is 0.969 bits per heavy atom.